The van der Waals surface area contributed by atoms with Gasteiger partial charge < -0.3 is 20.1 Å². The summed E-state index contributed by atoms with van der Waals surface area (Å²) in [6.45, 7) is 5.17. The van der Waals surface area contributed by atoms with Gasteiger partial charge in [0.15, 0.2) is 0 Å². The Kier molecular flexibility index (Phi) is 3.78. The van der Waals surface area contributed by atoms with Crippen LogP contribution >= 0.6 is 0 Å². The van der Waals surface area contributed by atoms with E-state index < -0.39 is 0 Å². The van der Waals surface area contributed by atoms with Crippen LogP contribution in [0.25, 0.3) is 0 Å². The second kappa shape index (κ2) is 5.12. The average molecular weight is 228 g/mol. The van der Waals surface area contributed by atoms with Crippen molar-refractivity contribution in [2.75, 3.05) is 32.8 Å². The van der Waals surface area contributed by atoms with E-state index in [1.54, 1.807) is 0 Å². The van der Waals surface area contributed by atoms with Crippen LogP contribution in [-0.4, -0.2) is 60.9 Å². The number of aliphatic hydroxyl groups excluding tert-OH is 1. The predicted molar refractivity (Wildman–Crippen MR) is 59.0 cm³/mol. The highest BCUT2D eigenvalue weighted by molar-refractivity contribution is 5.82. The molecule has 92 valence electrons. The van der Waals surface area contributed by atoms with Crippen molar-refractivity contribution < 1.29 is 14.6 Å². The lowest BCUT2D eigenvalue weighted by Crippen LogP contribution is -2.55. The normalized spacial score (nSPS) is 36.1. The Balaban J connectivity index is 1.89. The van der Waals surface area contributed by atoms with Gasteiger partial charge in [0.05, 0.1) is 19.3 Å². The molecule has 5 heteroatoms. The summed E-state index contributed by atoms with van der Waals surface area (Å²) in [5.74, 6) is 0.278. The van der Waals surface area contributed by atoms with Crippen LogP contribution in [0.5, 0.6) is 0 Å². The van der Waals surface area contributed by atoms with Crippen LogP contribution in [0.1, 0.15) is 13.3 Å². The molecule has 2 N–H and O–H groups in total. The number of rotatable bonds is 1. The molecule has 0 spiro atoms. The van der Waals surface area contributed by atoms with Crippen LogP contribution in [-0.2, 0) is 9.53 Å². The standard InChI is InChI=1S/C11H20N2O3/c1-8-6-13(4-2-10(8)14)11(15)9-7-16-5-3-12-9/h8-10,12,14H,2-7H2,1H3. The van der Waals surface area contributed by atoms with Crippen LogP contribution in [0.2, 0.25) is 0 Å². The van der Waals surface area contributed by atoms with Gasteiger partial charge in [0.1, 0.15) is 6.04 Å². The van der Waals surface area contributed by atoms with Crippen LogP contribution in [0.15, 0.2) is 0 Å². The Morgan fingerprint density at radius 1 is 1.56 bits per heavy atom. The van der Waals surface area contributed by atoms with E-state index in [0.717, 1.165) is 6.54 Å². The molecule has 2 aliphatic rings. The van der Waals surface area contributed by atoms with Gasteiger partial charge in [0.25, 0.3) is 0 Å². The zero-order chi connectivity index (χ0) is 11.5. The second-order valence-electron chi connectivity index (χ2n) is 4.70. The number of aliphatic hydroxyl groups is 1. The summed E-state index contributed by atoms with van der Waals surface area (Å²) in [6.07, 6.45) is 0.417. The minimum atomic E-state index is -0.264. The molecule has 2 fully saturated rings. The fourth-order valence-electron chi connectivity index (χ4n) is 2.28. The fraction of sp³-hybridized carbons (Fsp3) is 0.909. The highest BCUT2D eigenvalue weighted by atomic mass is 16.5. The number of carbonyl (C=O) groups is 1. The maximum absolute atomic E-state index is 12.1. The number of carbonyl (C=O) groups excluding carboxylic acids is 1. The number of likely N-dealkylation sites (tertiary alicyclic amines) is 1. The lowest BCUT2D eigenvalue weighted by atomic mass is 9.96. The highest BCUT2D eigenvalue weighted by Crippen LogP contribution is 2.17. The lowest BCUT2D eigenvalue weighted by Gasteiger charge is -2.37. The maximum Gasteiger partial charge on any atom is 0.242 e. The molecule has 3 unspecified atom stereocenters. The molecule has 0 aromatic rings. The Morgan fingerprint density at radius 3 is 3.00 bits per heavy atom. The minimum absolute atomic E-state index is 0.110. The first-order valence-corrected chi connectivity index (χ1v) is 5.96. The highest BCUT2D eigenvalue weighted by Gasteiger charge is 2.31. The SMILES string of the molecule is CC1CN(C(=O)C2COCCN2)CCC1O. The summed E-state index contributed by atoms with van der Waals surface area (Å²) in [7, 11) is 0. The number of hydrogen-bond acceptors (Lipinski definition) is 4. The van der Waals surface area contributed by atoms with Crippen LogP contribution in [0.4, 0.5) is 0 Å². The van der Waals surface area contributed by atoms with Crippen molar-refractivity contribution in [3.8, 4) is 0 Å². The number of amides is 1. The van der Waals surface area contributed by atoms with Gasteiger partial charge in [-0.2, -0.15) is 0 Å². The number of morpholine rings is 1. The van der Waals surface area contributed by atoms with Crippen LogP contribution < -0.4 is 5.32 Å². The molecular formula is C11H20N2O3. The number of nitrogens with one attached hydrogen (secondary N) is 1. The molecule has 2 saturated heterocycles. The lowest BCUT2D eigenvalue weighted by molar-refractivity contribution is -0.139. The molecular weight excluding hydrogens is 208 g/mol. The molecule has 0 bridgehead atoms. The van der Waals surface area contributed by atoms with Gasteiger partial charge in [-0.15, -0.1) is 0 Å². The second-order valence-corrected chi connectivity index (χ2v) is 4.70. The maximum atomic E-state index is 12.1. The Hall–Kier alpha value is -0.650. The number of piperidine rings is 1. The van der Waals surface area contributed by atoms with Gasteiger partial charge >= 0.3 is 0 Å². The van der Waals surface area contributed by atoms with Gasteiger partial charge in [-0.3, -0.25) is 4.79 Å². The number of nitrogens with zero attached hydrogens (tertiary/aromatic N) is 1. The quantitative estimate of drug-likeness (QED) is 0.617. The van der Waals surface area contributed by atoms with E-state index in [1.807, 2.05) is 11.8 Å². The van der Waals surface area contributed by atoms with Crippen molar-refractivity contribution in [2.24, 2.45) is 5.92 Å². The summed E-state index contributed by atoms with van der Waals surface area (Å²) in [6, 6.07) is -0.198. The predicted octanol–water partition coefficient (Wildman–Crippen LogP) is -0.796. The van der Waals surface area contributed by atoms with Crippen molar-refractivity contribution in [1.29, 1.82) is 0 Å². The third kappa shape index (κ3) is 2.53. The summed E-state index contributed by atoms with van der Waals surface area (Å²) in [5.41, 5.74) is 0. The van der Waals surface area contributed by atoms with E-state index >= 15 is 0 Å². The van der Waals surface area contributed by atoms with E-state index in [4.69, 9.17) is 4.74 Å². The Bertz CT molecular complexity index is 254. The van der Waals surface area contributed by atoms with E-state index in [-0.39, 0.29) is 24.0 Å². The van der Waals surface area contributed by atoms with Crippen molar-refractivity contribution in [2.45, 2.75) is 25.5 Å². The van der Waals surface area contributed by atoms with Gasteiger partial charge in [0, 0.05) is 19.6 Å². The molecule has 0 saturated carbocycles. The largest absolute Gasteiger partial charge is 0.393 e. The van der Waals surface area contributed by atoms with Crippen molar-refractivity contribution in [3.63, 3.8) is 0 Å². The van der Waals surface area contributed by atoms with Crippen molar-refractivity contribution in [3.05, 3.63) is 0 Å². The zero-order valence-corrected chi connectivity index (χ0v) is 9.69. The average Bonchev–Trinajstić information content (AvgIpc) is 2.33. The van der Waals surface area contributed by atoms with E-state index in [1.165, 1.54) is 0 Å². The third-order valence-corrected chi connectivity index (χ3v) is 3.39. The summed E-state index contributed by atoms with van der Waals surface area (Å²) >= 11 is 0. The first kappa shape index (κ1) is 11.8. The molecule has 1 amide bonds. The van der Waals surface area contributed by atoms with Crippen LogP contribution in [0, 0.1) is 5.92 Å². The summed E-state index contributed by atoms with van der Waals surface area (Å²) in [5, 5.41) is 12.8. The van der Waals surface area contributed by atoms with E-state index in [9.17, 15) is 9.90 Å². The smallest absolute Gasteiger partial charge is 0.242 e. The molecule has 5 nitrogen and oxygen atoms in total. The Morgan fingerprint density at radius 2 is 2.38 bits per heavy atom. The molecule has 2 rings (SSSR count). The van der Waals surface area contributed by atoms with Crippen LogP contribution in [0.3, 0.4) is 0 Å². The topological polar surface area (TPSA) is 61.8 Å². The van der Waals surface area contributed by atoms with Gasteiger partial charge in [-0.1, -0.05) is 6.92 Å². The first-order chi connectivity index (χ1) is 7.68. The monoisotopic (exact) mass is 228 g/mol. The van der Waals surface area contributed by atoms with Crippen molar-refractivity contribution >= 4 is 5.91 Å². The van der Waals surface area contributed by atoms with Gasteiger partial charge in [0.2, 0.25) is 5.91 Å². The summed E-state index contributed by atoms with van der Waals surface area (Å²) in [4.78, 5) is 13.9. The third-order valence-electron chi connectivity index (χ3n) is 3.39. The zero-order valence-electron chi connectivity index (χ0n) is 9.69. The van der Waals surface area contributed by atoms with Gasteiger partial charge in [-0.25, -0.2) is 0 Å². The van der Waals surface area contributed by atoms with Crippen molar-refractivity contribution in [1.82, 2.24) is 10.2 Å². The summed E-state index contributed by atoms with van der Waals surface area (Å²) < 4.78 is 5.28. The van der Waals surface area contributed by atoms with E-state index in [0.29, 0.717) is 32.7 Å². The molecule has 0 radical (unpaired) electrons. The number of hydrogen-bond donors (Lipinski definition) is 2. The number of ether oxygens (including phenoxy) is 1. The minimum Gasteiger partial charge on any atom is -0.393 e. The Labute approximate surface area is 95.8 Å². The molecule has 2 heterocycles. The molecule has 3 atom stereocenters. The molecule has 0 aromatic heterocycles. The first-order valence-electron chi connectivity index (χ1n) is 5.96. The van der Waals surface area contributed by atoms with E-state index in [2.05, 4.69) is 5.32 Å². The molecule has 2 aliphatic heterocycles. The van der Waals surface area contributed by atoms with Gasteiger partial charge in [-0.05, 0) is 12.3 Å². The molecule has 16 heavy (non-hydrogen) atoms. The fourth-order valence-corrected chi connectivity index (χ4v) is 2.28. The molecule has 0 aromatic carbocycles. The molecule has 0 aliphatic carbocycles.